The third kappa shape index (κ3) is 3.32. The third-order valence-electron chi connectivity index (χ3n) is 4.00. The SMILES string of the molecule is Cc1ccc(C(=O)C(=O)N2CCC(C)Sc3ccccc32)cc1. The summed E-state index contributed by atoms with van der Waals surface area (Å²) in [5.74, 6) is -0.893. The minimum absolute atomic E-state index is 0.420. The molecule has 2 aromatic carbocycles. The molecule has 0 saturated carbocycles. The number of carbonyl (C=O) groups is 2. The molecule has 2 aromatic rings. The van der Waals surface area contributed by atoms with Crippen molar-refractivity contribution in [1.82, 2.24) is 0 Å². The number of hydrogen-bond acceptors (Lipinski definition) is 3. The molecule has 1 amide bonds. The van der Waals surface area contributed by atoms with Gasteiger partial charge in [-0.2, -0.15) is 0 Å². The van der Waals surface area contributed by atoms with Gasteiger partial charge in [-0.05, 0) is 25.5 Å². The molecule has 1 heterocycles. The van der Waals surface area contributed by atoms with Gasteiger partial charge < -0.3 is 4.90 Å². The molecule has 1 atom stereocenters. The number of nitrogens with zero attached hydrogens (tertiary/aromatic N) is 1. The predicted octanol–water partition coefficient (Wildman–Crippen LogP) is 4.10. The first kappa shape index (κ1) is 15.8. The normalized spacial score (nSPS) is 17.3. The number of carbonyl (C=O) groups excluding carboxylic acids is 2. The van der Waals surface area contributed by atoms with Gasteiger partial charge in [-0.25, -0.2) is 0 Å². The molecule has 3 rings (SSSR count). The Kier molecular flexibility index (Phi) is 4.53. The van der Waals surface area contributed by atoms with Crippen LogP contribution >= 0.6 is 11.8 Å². The smallest absolute Gasteiger partial charge is 0.299 e. The summed E-state index contributed by atoms with van der Waals surface area (Å²) in [6.07, 6.45) is 0.867. The van der Waals surface area contributed by atoms with E-state index in [4.69, 9.17) is 0 Å². The number of benzene rings is 2. The zero-order chi connectivity index (χ0) is 16.4. The maximum atomic E-state index is 12.8. The van der Waals surface area contributed by atoms with Crippen molar-refractivity contribution in [2.75, 3.05) is 11.4 Å². The van der Waals surface area contributed by atoms with E-state index in [0.29, 0.717) is 17.4 Å². The number of amides is 1. The summed E-state index contributed by atoms with van der Waals surface area (Å²) in [5.41, 5.74) is 2.36. The van der Waals surface area contributed by atoms with Gasteiger partial charge >= 0.3 is 0 Å². The molecule has 0 radical (unpaired) electrons. The van der Waals surface area contributed by atoms with Crippen molar-refractivity contribution in [3.8, 4) is 0 Å². The van der Waals surface area contributed by atoms with Crippen molar-refractivity contribution in [2.45, 2.75) is 30.4 Å². The van der Waals surface area contributed by atoms with E-state index in [0.717, 1.165) is 22.6 Å². The fourth-order valence-electron chi connectivity index (χ4n) is 2.65. The molecule has 4 heteroatoms. The summed E-state index contributed by atoms with van der Waals surface area (Å²) < 4.78 is 0. The lowest BCUT2D eigenvalue weighted by atomic mass is 10.1. The summed E-state index contributed by atoms with van der Waals surface area (Å²) in [4.78, 5) is 28.0. The van der Waals surface area contributed by atoms with E-state index in [-0.39, 0.29) is 0 Å². The van der Waals surface area contributed by atoms with Gasteiger partial charge in [0.25, 0.3) is 11.7 Å². The van der Waals surface area contributed by atoms with E-state index in [9.17, 15) is 9.59 Å². The number of Topliss-reactive ketones (excluding diaryl/α,β-unsaturated/α-hetero) is 1. The number of hydrogen-bond donors (Lipinski definition) is 0. The minimum Gasteiger partial charge on any atom is -0.304 e. The van der Waals surface area contributed by atoms with Gasteiger partial charge in [-0.3, -0.25) is 9.59 Å². The maximum absolute atomic E-state index is 12.8. The molecular weight excluding hydrogens is 306 g/mol. The molecule has 0 aliphatic carbocycles. The second-order valence-electron chi connectivity index (χ2n) is 5.84. The van der Waals surface area contributed by atoms with Crippen molar-refractivity contribution in [2.24, 2.45) is 0 Å². The minimum atomic E-state index is -0.448. The molecule has 23 heavy (non-hydrogen) atoms. The Balaban J connectivity index is 1.92. The quantitative estimate of drug-likeness (QED) is 0.616. The summed E-state index contributed by atoms with van der Waals surface area (Å²) in [6, 6.07) is 15.0. The molecule has 0 saturated heterocycles. The van der Waals surface area contributed by atoms with E-state index < -0.39 is 11.7 Å². The Labute approximate surface area is 140 Å². The van der Waals surface area contributed by atoms with Crippen LogP contribution < -0.4 is 4.90 Å². The molecule has 118 valence electrons. The van der Waals surface area contributed by atoms with Crippen molar-refractivity contribution in [3.63, 3.8) is 0 Å². The van der Waals surface area contributed by atoms with Crippen molar-refractivity contribution < 1.29 is 9.59 Å². The standard InChI is InChI=1S/C19H19NO2S/c1-13-7-9-15(10-8-13)18(21)19(22)20-12-11-14(2)23-17-6-4-3-5-16(17)20/h3-10,14H,11-12H2,1-2H3. The Morgan fingerprint density at radius 3 is 2.52 bits per heavy atom. The number of thioether (sulfide) groups is 1. The van der Waals surface area contributed by atoms with Crippen molar-refractivity contribution in [3.05, 3.63) is 59.7 Å². The largest absolute Gasteiger partial charge is 0.304 e. The van der Waals surface area contributed by atoms with Crippen LogP contribution in [-0.2, 0) is 4.79 Å². The second-order valence-corrected chi connectivity index (χ2v) is 7.32. The Morgan fingerprint density at radius 2 is 1.78 bits per heavy atom. The van der Waals surface area contributed by atoms with Gasteiger partial charge in [0.05, 0.1) is 5.69 Å². The predicted molar refractivity (Wildman–Crippen MR) is 94.2 cm³/mol. The molecule has 0 aromatic heterocycles. The first-order valence-electron chi connectivity index (χ1n) is 7.75. The zero-order valence-corrected chi connectivity index (χ0v) is 14.1. The topological polar surface area (TPSA) is 37.4 Å². The van der Waals surface area contributed by atoms with E-state index in [1.807, 2.05) is 43.3 Å². The van der Waals surface area contributed by atoms with Crippen LogP contribution in [0.25, 0.3) is 0 Å². The summed E-state index contributed by atoms with van der Waals surface area (Å²) in [5, 5.41) is 0.420. The summed E-state index contributed by atoms with van der Waals surface area (Å²) in [7, 11) is 0. The fourth-order valence-corrected chi connectivity index (χ4v) is 3.76. The van der Waals surface area contributed by atoms with Crippen LogP contribution in [0.4, 0.5) is 5.69 Å². The number of anilines is 1. The average Bonchev–Trinajstić information content (AvgIpc) is 2.72. The van der Waals surface area contributed by atoms with Crippen LogP contribution in [0, 0.1) is 6.92 Å². The van der Waals surface area contributed by atoms with Crippen LogP contribution in [0.15, 0.2) is 53.4 Å². The molecular formula is C19H19NO2S. The van der Waals surface area contributed by atoms with Crippen LogP contribution in [0.3, 0.4) is 0 Å². The van der Waals surface area contributed by atoms with Crippen molar-refractivity contribution in [1.29, 1.82) is 0 Å². The molecule has 1 aliphatic heterocycles. The summed E-state index contributed by atoms with van der Waals surface area (Å²) in [6.45, 7) is 4.68. The van der Waals surface area contributed by atoms with Gasteiger partial charge in [0.2, 0.25) is 0 Å². The number of para-hydroxylation sites is 1. The fraction of sp³-hybridized carbons (Fsp3) is 0.263. The summed E-state index contributed by atoms with van der Waals surface area (Å²) >= 11 is 1.76. The lowest BCUT2D eigenvalue weighted by Crippen LogP contribution is -2.37. The monoisotopic (exact) mass is 325 g/mol. The van der Waals surface area contributed by atoms with Gasteiger partial charge in [0.1, 0.15) is 0 Å². The lowest BCUT2D eigenvalue weighted by Gasteiger charge is -2.21. The highest BCUT2D eigenvalue weighted by Crippen LogP contribution is 2.37. The highest BCUT2D eigenvalue weighted by molar-refractivity contribution is 8.00. The number of rotatable bonds is 2. The molecule has 0 N–H and O–H groups in total. The average molecular weight is 325 g/mol. The number of aryl methyl sites for hydroxylation is 1. The van der Waals surface area contributed by atoms with Crippen LogP contribution in [0.1, 0.15) is 29.3 Å². The molecule has 1 unspecified atom stereocenters. The lowest BCUT2D eigenvalue weighted by molar-refractivity contribution is -0.114. The van der Waals surface area contributed by atoms with Gasteiger partial charge in [0.15, 0.2) is 0 Å². The van der Waals surface area contributed by atoms with Crippen LogP contribution in [0.5, 0.6) is 0 Å². The molecule has 0 spiro atoms. The van der Waals surface area contributed by atoms with Gasteiger partial charge in [-0.1, -0.05) is 48.9 Å². The molecule has 1 aliphatic rings. The molecule has 3 nitrogen and oxygen atoms in total. The second kappa shape index (κ2) is 6.59. The van der Waals surface area contributed by atoms with Crippen molar-refractivity contribution >= 4 is 29.1 Å². The highest BCUT2D eigenvalue weighted by atomic mass is 32.2. The van der Waals surface area contributed by atoms with E-state index >= 15 is 0 Å². The van der Waals surface area contributed by atoms with Gasteiger partial charge in [0, 0.05) is 22.3 Å². The molecule has 0 fully saturated rings. The Bertz CT molecular complexity index is 739. The maximum Gasteiger partial charge on any atom is 0.299 e. The van der Waals surface area contributed by atoms with Crippen LogP contribution in [-0.4, -0.2) is 23.5 Å². The van der Waals surface area contributed by atoms with Gasteiger partial charge in [-0.15, -0.1) is 11.8 Å². The molecule has 0 bridgehead atoms. The zero-order valence-electron chi connectivity index (χ0n) is 13.3. The number of fused-ring (bicyclic) bond motifs is 1. The Hall–Kier alpha value is -2.07. The van der Waals surface area contributed by atoms with E-state index in [2.05, 4.69) is 6.92 Å². The van der Waals surface area contributed by atoms with E-state index in [1.54, 1.807) is 28.8 Å². The number of ketones is 1. The highest BCUT2D eigenvalue weighted by Gasteiger charge is 2.28. The van der Waals surface area contributed by atoms with Crippen LogP contribution in [0.2, 0.25) is 0 Å². The third-order valence-corrected chi connectivity index (χ3v) is 5.23. The van der Waals surface area contributed by atoms with E-state index in [1.165, 1.54) is 0 Å². The first-order chi connectivity index (χ1) is 11.1. The Morgan fingerprint density at radius 1 is 1.09 bits per heavy atom. The first-order valence-corrected chi connectivity index (χ1v) is 8.63.